The van der Waals surface area contributed by atoms with E-state index in [1.807, 2.05) is 12.1 Å². The van der Waals surface area contributed by atoms with Crippen molar-refractivity contribution in [1.82, 2.24) is 15.3 Å². The molecule has 1 amide bonds. The third-order valence-corrected chi connectivity index (χ3v) is 1.86. The van der Waals surface area contributed by atoms with E-state index in [2.05, 4.69) is 15.3 Å². The predicted octanol–water partition coefficient (Wildman–Crippen LogP) is 0.923. The normalized spacial score (nSPS) is 10.2. The van der Waals surface area contributed by atoms with Gasteiger partial charge in [0.25, 0.3) is 5.91 Å². The summed E-state index contributed by atoms with van der Waals surface area (Å²) in [6.45, 7) is 0. The zero-order valence-corrected chi connectivity index (χ0v) is 7.16. The average Bonchev–Trinajstić information content (AvgIpc) is 2.59. The molecule has 0 atom stereocenters. The molecule has 4 heteroatoms. The lowest BCUT2D eigenvalue weighted by molar-refractivity contribution is 0.0959. The van der Waals surface area contributed by atoms with E-state index in [1.54, 1.807) is 19.3 Å². The molecule has 0 radical (unpaired) electrons. The van der Waals surface area contributed by atoms with Gasteiger partial charge >= 0.3 is 0 Å². The third-order valence-electron chi connectivity index (χ3n) is 1.86. The number of nitrogens with one attached hydrogen (secondary N) is 2. The molecule has 2 rings (SSSR count). The number of hydrogen-bond donors (Lipinski definition) is 2. The van der Waals surface area contributed by atoms with Crippen LogP contribution in [0.2, 0.25) is 0 Å². The molecule has 13 heavy (non-hydrogen) atoms. The van der Waals surface area contributed by atoms with Crippen molar-refractivity contribution in [2.75, 3.05) is 7.05 Å². The number of aromatic amines is 1. The highest BCUT2D eigenvalue weighted by Crippen LogP contribution is 2.11. The fourth-order valence-corrected chi connectivity index (χ4v) is 1.21. The van der Waals surface area contributed by atoms with E-state index in [0.717, 1.165) is 11.0 Å². The summed E-state index contributed by atoms with van der Waals surface area (Å²) in [7, 11) is 1.60. The van der Waals surface area contributed by atoms with Gasteiger partial charge < -0.3 is 10.3 Å². The number of pyridine rings is 1. The Morgan fingerprint density at radius 2 is 2.46 bits per heavy atom. The van der Waals surface area contributed by atoms with E-state index in [4.69, 9.17) is 0 Å². The van der Waals surface area contributed by atoms with Crippen LogP contribution in [0.3, 0.4) is 0 Å². The van der Waals surface area contributed by atoms with Crippen LogP contribution in [0.1, 0.15) is 10.5 Å². The van der Waals surface area contributed by atoms with Gasteiger partial charge in [0.1, 0.15) is 5.69 Å². The van der Waals surface area contributed by atoms with Crippen molar-refractivity contribution >= 4 is 16.9 Å². The highest BCUT2D eigenvalue weighted by Gasteiger charge is 2.06. The molecule has 0 spiro atoms. The van der Waals surface area contributed by atoms with Crippen molar-refractivity contribution in [3.8, 4) is 0 Å². The van der Waals surface area contributed by atoms with Crippen molar-refractivity contribution in [1.29, 1.82) is 0 Å². The van der Waals surface area contributed by atoms with Gasteiger partial charge in [-0.3, -0.25) is 9.78 Å². The SMILES string of the molecule is CNC(=O)c1cc2ncccc2[nH]1. The smallest absolute Gasteiger partial charge is 0.267 e. The molecule has 2 aromatic heterocycles. The number of amides is 1. The fraction of sp³-hybridized carbons (Fsp3) is 0.111. The zero-order valence-electron chi connectivity index (χ0n) is 7.16. The summed E-state index contributed by atoms with van der Waals surface area (Å²) in [6, 6.07) is 5.44. The molecule has 0 aliphatic rings. The van der Waals surface area contributed by atoms with Gasteiger partial charge in [-0.1, -0.05) is 0 Å². The van der Waals surface area contributed by atoms with Crippen LogP contribution in [-0.4, -0.2) is 22.9 Å². The van der Waals surface area contributed by atoms with Crippen LogP contribution in [0.25, 0.3) is 11.0 Å². The number of rotatable bonds is 1. The van der Waals surface area contributed by atoms with Gasteiger partial charge in [0.2, 0.25) is 0 Å². The molecule has 0 aliphatic heterocycles. The predicted molar refractivity (Wildman–Crippen MR) is 49.5 cm³/mol. The van der Waals surface area contributed by atoms with Crippen LogP contribution in [-0.2, 0) is 0 Å². The number of carbonyl (C=O) groups excluding carboxylic acids is 1. The van der Waals surface area contributed by atoms with Crippen molar-refractivity contribution in [2.45, 2.75) is 0 Å². The molecular weight excluding hydrogens is 166 g/mol. The van der Waals surface area contributed by atoms with Gasteiger partial charge in [-0.15, -0.1) is 0 Å². The Hall–Kier alpha value is -1.84. The summed E-state index contributed by atoms with van der Waals surface area (Å²) >= 11 is 0. The van der Waals surface area contributed by atoms with Crippen LogP contribution in [0.5, 0.6) is 0 Å². The van der Waals surface area contributed by atoms with Crippen LogP contribution < -0.4 is 5.32 Å². The first-order valence-electron chi connectivity index (χ1n) is 3.97. The highest BCUT2D eigenvalue weighted by molar-refractivity contribution is 5.96. The maximum Gasteiger partial charge on any atom is 0.267 e. The Kier molecular flexibility index (Phi) is 1.73. The molecule has 2 N–H and O–H groups in total. The zero-order chi connectivity index (χ0) is 9.26. The second kappa shape index (κ2) is 2.90. The van der Waals surface area contributed by atoms with Crippen molar-refractivity contribution in [2.24, 2.45) is 0 Å². The van der Waals surface area contributed by atoms with E-state index in [0.29, 0.717) is 5.69 Å². The lowest BCUT2D eigenvalue weighted by Gasteiger charge is -1.92. The number of H-pyrrole nitrogens is 1. The Labute approximate surface area is 75.0 Å². The first kappa shape index (κ1) is 7.79. The quantitative estimate of drug-likeness (QED) is 0.677. The van der Waals surface area contributed by atoms with E-state index in [9.17, 15) is 4.79 Å². The van der Waals surface area contributed by atoms with Crippen LogP contribution in [0.15, 0.2) is 24.4 Å². The van der Waals surface area contributed by atoms with E-state index in [1.165, 1.54) is 0 Å². The molecule has 0 aliphatic carbocycles. The minimum Gasteiger partial charge on any atom is -0.354 e. The number of hydrogen-bond acceptors (Lipinski definition) is 2. The molecule has 0 unspecified atom stereocenters. The van der Waals surface area contributed by atoms with Crippen molar-refractivity contribution < 1.29 is 4.79 Å². The van der Waals surface area contributed by atoms with E-state index >= 15 is 0 Å². The fourth-order valence-electron chi connectivity index (χ4n) is 1.21. The summed E-state index contributed by atoms with van der Waals surface area (Å²) < 4.78 is 0. The highest BCUT2D eigenvalue weighted by atomic mass is 16.1. The average molecular weight is 175 g/mol. The second-order valence-corrected chi connectivity index (χ2v) is 2.70. The van der Waals surface area contributed by atoms with Gasteiger partial charge in [-0.25, -0.2) is 0 Å². The van der Waals surface area contributed by atoms with Gasteiger partial charge in [-0.05, 0) is 18.2 Å². The molecule has 0 fully saturated rings. The summed E-state index contributed by atoms with van der Waals surface area (Å²) in [6.07, 6.45) is 1.70. The topological polar surface area (TPSA) is 57.8 Å². The van der Waals surface area contributed by atoms with Gasteiger partial charge in [0.15, 0.2) is 0 Å². The lowest BCUT2D eigenvalue weighted by Crippen LogP contribution is -2.17. The van der Waals surface area contributed by atoms with Crippen LogP contribution in [0.4, 0.5) is 0 Å². The Bertz CT molecular complexity index is 414. The molecule has 4 nitrogen and oxygen atoms in total. The minimum atomic E-state index is -0.127. The number of aromatic nitrogens is 2. The molecule has 0 saturated heterocycles. The third kappa shape index (κ3) is 1.26. The number of nitrogens with zero attached hydrogens (tertiary/aromatic N) is 1. The van der Waals surface area contributed by atoms with Crippen molar-refractivity contribution in [3.05, 3.63) is 30.1 Å². The van der Waals surface area contributed by atoms with E-state index < -0.39 is 0 Å². The summed E-state index contributed by atoms with van der Waals surface area (Å²) in [5, 5.41) is 2.54. The molecular formula is C9H9N3O. The Balaban J connectivity index is 2.56. The summed E-state index contributed by atoms with van der Waals surface area (Å²) in [5.41, 5.74) is 2.22. The van der Waals surface area contributed by atoms with Crippen molar-refractivity contribution in [3.63, 3.8) is 0 Å². The largest absolute Gasteiger partial charge is 0.354 e. The number of fused-ring (bicyclic) bond motifs is 1. The van der Waals surface area contributed by atoms with Crippen LogP contribution in [0, 0.1) is 0 Å². The molecule has 0 aromatic carbocycles. The lowest BCUT2D eigenvalue weighted by atomic mass is 10.3. The number of carbonyl (C=O) groups is 1. The second-order valence-electron chi connectivity index (χ2n) is 2.70. The standard InChI is InChI=1S/C9H9N3O/c1-10-9(13)8-5-7-6(12-8)3-2-4-11-7/h2-5,12H,1H3,(H,10,13). The van der Waals surface area contributed by atoms with Crippen LogP contribution >= 0.6 is 0 Å². The van der Waals surface area contributed by atoms with Gasteiger partial charge in [0.05, 0.1) is 11.0 Å². The molecule has 66 valence electrons. The maximum atomic E-state index is 11.2. The van der Waals surface area contributed by atoms with E-state index in [-0.39, 0.29) is 5.91 Å². The first-order valence-corrected chi connectivity index (χ1v) is 3.97. The molecule has 2 heterocycles. The minimum absolute atomic E-state index is 0.127. The van der Waals surface area contributed by atoms with Gasteiger partial charge in [0, 0.05) is 13.2 Å². The Morgan fingerprint density at radius 1 is 1.62 bits per heavy atom. The maximum absolute atomic E-state index is 11.2. The first-order chi connectivity index (χ1) is 6.31. The molecule has 0 saturated carbocycles. The summed E-state index contributed by atoms with van der Waals surface area (Å²) in [4.78, 5) is 18.3. The molecule has 0 bridgehead atoms. The Morgan fingerprint density at radius 3 is 3.15 bits per heavy atom. The van der Waals surface area contributed by atoms with Gasteiger partial charge in [-0.2, -0.15) is 0 Å². The molecule has 2 aromatic rings. The monoisotopic (exact) mass is 175 g/mol. The summed E-state index contributed by atoms with van der Waals surface area (Å²) in [5.74, 6) is -0.127.